The lowest BCUT2D eigenvalue weighted by atomic mass is 10.2. The van der Waals surface area contributed by atoms with Crippen LogP contribution in [0.25, 0.3) is 0 Å². The number of hydrogen-bond donors (Lipinski definition) is 1. The van der Waals surface area contributed by atoms with Gasteiger partial charge in [0, 0.05) is 43.1 Å². The Hall–Kier alpha value is -2.56. The lowest BCUT2D eigenvalue weighted by Gasteiger charge is -2.21. The second-order valence-electron chi connectivity index (χ2n) is 5.00. The molecule has 0 aliphatic heterocycles. The van der Waals surface area contributed by atoms with E-state index in [0.717, 1.165) is 18.8 Å². The number of anilines is 2. The molecule has 116 valence electrons. The number of nitro groups is 1. The number of nitrogens with zero attached hydrogens (tertiary/aromatic N) is 2. The molecule has 2 aromatic carbocycles. The maximum absolute atomic E-state index is 10.6. The van der Waals surface area contributed by atoms with E-state index in [1.807, 2.05) is 0 Å². The van der Waals surface area contributed by atoms with Gasteiger partial charge in [0.05, 0.1) is 4.92 Å². The fourth-order valence-corrected chi connectivity index (χ4v) is 2.32. The maximum atomic E-state index is 10.6. The average Bonchev–Trinajstić information content (AvgIpc) is 2.55. The smallest absolute Gasteiger partial charge is 0.269 e. The molecule has 0 unspecified atom stereocenters. The van der Waals surface area contributed by atoms with Crippen LogP contribution in [0.1, 0.15) is 19.4 Å². The summed E-state index contributed by atoms with van der Waals surface area (Å²) in [7, 11) is 0. The van der Waals surface area contributed by atoms with Crippen LogP contribution in [0.15, 0.2) is 48.5 Å². The first-order chi connectivity index (χ1) is 10.6. The van der Waals surface area contributed by atoms with Crippen molar-refractivity contribution < 1.29 is 4.92 Å². The van der Waals surface area contributed by atoms with Crippen LogP contribution in [0.5, 0.6) is 0 Å². The molecule has 5 nitrogen and oxygen atoms in total. The SMILES string of the molecule is CCN(CC)c1ccc(CNc2ccc([N+](=O)[O-])cc2)cc1. The van der Waals surface area contributed by atoms with E-state index in [2.05, 4.69) is 48.3 Å². The Morgan fingerprint density at radius 3 is 2.09 bits per heavy atom. The molecule has 0 heterocycles. The maximum Gasteiger partial charge on any atom is 0.269 e. The second kappa shape index (κ2) is 7.45. The van der Waals surface area contributed by atoms with Gasteiger partial charge in [0.25, 0.3) is 5.69 Å². The summed E-state index contributed by atoms with van der Waals surface area (Å²) in [4.78, 5) is 12.5. The van der Waals surface area contributed by atoms with Gasteiger partial charge in [-0.25, -0.2) is 0 Å². The van der Waals surface area contributed by atoms with Crippen molar-refractivity contribution in [3.05, 3.63) is 64.2 Å². The average molecular weight is 299 g/mol. The highest BCUT2D eigenvalue weighted by atomic mass is 16.6. The van der Waals surface area contributed by atoms with E-state index in [-0.39, 0.29) is 5.69 Å². The minimum absolute atomic E-state index is 0.106. The molecule has 0 saturated heterocycles. The first-order valence-corrected chi connectivity index (χ1v) is 7.46. The molecule has 0 aromatic heterocycles. The zero-order valence-electron chi connectivity index (χ0n) is 13.0. The van der Waals surface area contributed by atoms with Crippen LogP contribution in [0.2, 0.25) is 0 Å². The van der Waals surface area contributed by atoms with Gasteiger partial charge in [-0.3, -0.25) is 10.1 Å². The molecule has 5 heteroatoms. The molecule has 2 aromatic rings. The highest BCUT2D eigenvalue weighted by Gasteiger charge is 2.04. The van der Waals surface area contributed by atoms with Gasteiger partial charge in [0.2, 0.25) is 0 Å². The topological polar surface area (TPSA) is 58.4 Å². The van der Waals surface area contributed by atoms with Gasteiger partial charge in [0.1, 0.15) is 0 Å². The summed E-state index contributed by atoms with van der Waals surface area (Å²) in [6, 6.07) is 14.9. The largest absolute Gasteiger partial charge is 0.381 e. The van der Waals surface area contributed by atoms with Crippen molar-refractivity contribution in [1.29, 1.82) is 0 Å². The standard InChI is InChI=1S/C17H21N3O2/c1-3-19(4-2)16-9-5-14(6-10-16)13-18-15-7-11-17(12-8-15)20(21)22/h5-12,18H,3-4,13H2,1-2H3. The molecule has 2 rings (SSSR count). The molecule has 0 fully saturated rings. The van der Waals surface area contributed by atoms with Crippen molar-refractivity contribution >= 4 is 17.1 Å². The fraction of sp³-hybridized carbons (Fsp3) is 0.294. The van der Waals surface area contributed by atoms with Crippen LogP contribution in [-0.2, 0) is 6.54 Å². The van der Waals surface area contributed by atoms with E-state index >= 15 is 0 Å². The summed E-state index contributed by atoms with van der Waals surface area (Å²) in [5.41, 5.74) is 3.38. The summed E-state index contributed by atoms with van der Waals surface area (Å²) < 4.78 is 0. The van der Waals surface area contributed by atoms with E-state index in [1.165, 1.54) is 23.4 Å². The van der Waals surface area contributed by atoms with Crippen molar-refractivity contribution in [2.75, 3.05) is 23.3 Å². The highest BCUT2D eigenvalue weighted by molar-refractivity contribution is 5.50. The third-order valence-corrected chi connectivity index (χ3v) is 3.64. The molecule has 1 N–H and O–H groups in total. The van der Waals surface area contributed by atoms with Gasteiger partial charge in [-0.15, -0.1) is 0 Å². The molecular formula is C17H21N3O2. The molecule has 0 amide bonds. The van der Waals surface area contributed by atoms with Crippen molar-refractivity contribution in [3.63, 3.8) is 0 Å². The first kappa shape index (κ1) is 15.8. The molecule has 0 aliphatic carbocycles. The van der Waals surface area contributed by atoms with Gasteiger partial charge in [-0.05, 0) is 43.7 Å². The van der Waals surface area contributed by atoms with Gasteiger partial charge >= 0.3 is 0 Å². The van der Waals surface area contributed by atoms with Crippen LogP contribution < -0.4 is 10.2 Å². The molecule has 0 saturated carbocycles. The van der Waals surface area contributed by atoms with Crippen molar-refractivity contribution in [3.8, 4) is 0 Å². The molecular weight excluding hydrogens is 278 g/mol. The van der Waals surface area contributed by atoms with Crippen LogP contribution in [0.4, 0.5) is 17.1 Å². The number of nitrogens with one attached hydrogen (secondary N) is 1. The molecule has 0 bridgehead atoms. The Kier molecular flexibility index (Phi) is 5.36. The number of nitro benzene ring substituents is 1. The normalized spacial score (nSPS) is 10.3. The number of rotatable bonds is 7. The fourth-order valence-electron chi connectivity index (χ4n) is 2.32. The quantitative estimate of drug-likeness (QED) is 0.619. The Morgan fingerprint density at radius 2 is 1.59 bits per heavy atom. The summed E-state index contributed by atoms with van der Waals surface area (Å²) in [6.07, 6.45) is 0. The Balaban J connectivity index is 1.95. The third-order valence-electron chi connectivity index (χ3n) is 3.64. The van der Waals surface area contributed by atoms with Crippen LogP contribution in [0, 0.1) is 10.1 Å². The Morgan fingerprint density at radius 1 is 1.00 bits per heavy atom. The van der Waals surface area contributed by atoms with Gasteiger partial charge < -0.3 is 10.2 Å². The van der Waals surface area contributed by atoms with Crippen molar-refractivity contribution in [2.24, 2.45) is 0 Å². The van der Waals surface area contributed by atoms with Crippen molar-refractivity contribution in [1.82, 2.24) is 0 Å². The highest BCUT2D eigenvalue weighted by Crippen LogP contribution is 2.18. The molecule has 0 spiro atoms. The van der Waals surface area contributed by atoms with Crippen molar-refractivity contribution in [2.45, 2.75) is 20.4 Å². The van der Waals surface area contributed by atoms with E-state index < -0.39 is 4.92 Å². The Bertz CT molecular complexity index is 605. The summed E-state index contributed by atoms with van der Waals surface area (Å²) >= 11 is 0. The summed E-state index contributed by atoms with van der Waals surface area (Å²) in [6.45, 7) is 6.98. The lowest BCUT2D eigenvalue weighted by molar-refractivity contribution is -0.384. The second-order valence-corrected chi connectivity index (χ2v) is 5.00. The predicted octanol–water partition coefficient (Wildman–Crippen LogP) is 4.05. The van der Waals surface area contributed by atoms with E-state index in [0.29, 0.717) is 6.54 Å². The van der Waals surface area contributed by atoms with Gasteiger partial charge in [-0.2, -0.15) is 0 Å². The first-order valence-electron chi connectivity index (χ1n) is 7.46. The molecule has 0 radical (unpaired) electrons. The van der Waals surface area contributed by atoms with Gasteiger partial charge in [0.15, 0.2) is 0 Å². The van der Waals surface area contributed by atoms with Gasteiger partial charge in [-0.1, -0.05) is 12.1 Å². The zero-order chi connectivity index (χ0) is 15.9. The zero-order valence-corrected chi connectivity index (χ0v) is 13.0. The minimum atomic E-state index is -0.393. The van der Waals surface area contributed by atoms with E-state index in [1.54, 1.807) is 12.1 Å². The number of non-ortho nitro benzene ring substituents is 1. The monoisotopic (exact) mass is 299 g/mol. The number of benzene rings is 2. The summed E-state index contributed by atoms with van der Waals surface area (Å²) in [5.74, 6) is 0. The van der Waals surface area contributed by atoms with Crippen LogP contribution in [-0.4, -0.2) is 18.0 Å². The number of hydrogen-bond acceptors (Lipinski definition) is 4. The van der Waals surface area contributed by atoms with Crippen LogP contribution >= 0.6 is 0 Å². The lowest BCUT2D eigenvalue weighted by Crippen LogP contribution is -2.21. The van der Waals surface area contributed by atoms with E-state index in [4.69, 9.17) is 0 Å². The molecule has 22 heavy (non-hydrogen) atoms. The van der Waals surface area contributed by atoms with E-state index in [9.17, 15) is 10.1 Å². The molecule has 0 atom stereocenters. The van der Waals surface area contributed by atoms with Crippen LogP contribution in [0.3, 0.4) is 0 Å². The predicted molar refractivity (Wildman–Crippen MR) is 90.4 cm³/mol. The third kappa shape index (κ3) is 3.97. The molecule has 0 aliphatic rings. The minimum Gasteiger partial charge on any atom is -0.381 e. The summed E-state index contributed by atoms with van der Waals surface area (Å²) in [5, 5.41) is 13.9. The Labute approximate surface area is 130 Å².